The standard InChI is InChI=1S/C17H19N5O2/c1-9(2)22-8-7-14(21-22)15-10(3)12(5-6-13(15)17(23)24)16-18-11(4)19-20-16/h5-9H,1-4H3,(H,23,24)(H,18,19,20). The van der Waals surface area contributed by atoms with E-state index in [0.29, 0.717) is 22.9 Å². The highest BCUT2D eigenvalue weighted by molar-refractivity contribution is 5.98. The normalized spacial score (nSPS) is 11.2. The van der Waals surface area contributed by atoms with E-state index in [1.54, 1.807) is 12.1 Å². The molecule has 0 amide bonds. The second-order valence-electron chi connectivity index (χ2n) is 6.00. The second kappa shape index (κ2) is 5.92. The van der Waals surface area contributed by atoms with Crippen LogP contribution in [0.15, 0.2) is 24.4 Å². The van der Waals surface area contributed by atoms with E-state index >= 15 is 0 Å². The Morgan fingerprint density at radius 1 is 1.21 bits per heavy atom. The molecule has 124 valence electrons. The number of H-pyrrole nitrogens is 1. The molecule has 0 aliphatic carbocycles. The van der Waals surface area contributed by atoms with Gasteiger partial charge in [0.2, 0.25) is 0 Å². The summed E-state index contributed by atoms with van der Waals surface area (Å²) in [6.07, 6.45) is 1.86. The van der Waals surface area contributed by atoms with Gasteiger partial charge in [-0.05, 0) is 45.4 Å². The van der Waals surface area contributed by atoms with Crippen LogP contribution in [0, 0.1) is 13.8 Å². The molecule has 0 saturated carbocycles. The van der Waals surface area contributed by atoms with Gasteiger partial charge in [-0.1, -0.05) is 6.07 Å². The van der Waals surface area contributed by atoms with Crippen LogP contribution < -0.4 is 0 Å². The number of aromatic amines is 1. The number of carbonyl (C=O) groups is 1. The minimum atomic E-state index is -0.979. The molecular weight excluding hydrogens is 306 g/mol. The number of carboxylic acids is 1. The van der Waals surface area contributed by atoms with Crippen molar-refractivity contribution >= 4 is 5.97 Å². The molecule has 24 heavy (non-hydrogen) atoms. The Morgan fingerprint density at radius 3 is 2.50 bits per heavy atom. The third kappa shape index (κ3) is 2.68. The van der Waals surface area contributed by atoms with Gasteiger partial charge in [-0.2, -0.15) is 5.10 Å². The zero-order chi connectivity index (χ0) is 17.4. The molecule has 0 aliphatic rings. The summed E-state index contributed by atoms with van der Waals surface area (Å²) in [6.45, 7) is 7.75. The van der Waals surface area contributed by atoms with Crippen LogP contribution in [0.4, 0.5) is 0 Å². The van der Waals surface area contributed by atoms with E-state index in [1.165, 1.54) is 0 Å². The SMILES string of the molecule is Cc1nnc(-c2ccc(C(=O)O)c(-c3ccn(C(C)C)n3)c2C)[nH]1. The summed E-state index contributed by atoms with van der Waals surface area (Å²) < 4.78 is 1.81. The average Bonchev–Trinajstić information content (AvgIpc) is 3.15. The predicted octanol–water partition coefficient (Wildman–Crippen LogP) is 3.23. The van der Waals surface area contributed by atoms with Crippen molar-refractivity contribution in [1.82, 2.24) is 25.0 Å². The molecule has 0 fully saturated rings. The Balaban J connectivity index is 2.22. The lowest BCUT2D eigenvalue weighted by Crippen LogP contribution is -2.05. The minimum absolute atomic E-state index is 0.201. The van der Waals surface area contributed by atoms with Gasteiger partial charge in [0, 0.05) is 23.4 Å². The van der Waals surface area contributed by atoms with Crippen LogP contribution in [0.2, 0.25) is 0 Å². The quantitative estimate of drug-likeness (QED) is 0.767. The lowest BCUT2D eigenvalue weighted by atomic mass is 9.94. The van der Waals surface area contributed by atoms with Crippen LogP contribution in [0.5, 0.6) is 0 Å². The smallest absolute Gasteiger partial charge is 0.336 e. The topological polar surface area (TPSA) is 96.7 Å². The minimum Gasteiger partial charge on any atom is -0.478 e. The van der Waals surface area contributed by atoms with E-state index in [4.69, 9.17) is 0 Å². The van der Waals surface area contributed by atoms with Gasteiger partial charge in [-0.15, -0.1) is 10.2 Å². The lowest BCUT2D eigenvalue weighted by molar-refractivity contribution is 0.0697. The van der Waals surface area contributed by atoms with Gasteiger partial charge < -0.3 is 10.1 Å². The number of rotatable bonds is 4. The van der Waals surface area contributed by atoms with Crippen molar-refractivity contribution in [2.24, 2.45) is 0 Å². The maximum atomic E-state index is 11.7. The van der Waals surface area contributed by atoms with E-state index in [-0.39, 0.29) is 11.6 Å². The van der Waals surface area contributed by atoms with Gasteiger partial charge >= 0.3 is 5.97 Å². The highest BCUT2D eigenvalue weighted by atomic mass is 16.4. The number of nitrogens with one attached hydrogen (secondary N) is 1. The first-order valence-corrected chi connectivity index (χ1v) is 7.70. The Bertz CT molecular complexity index is 908. The third-order valence-corrected chi connectivity index (χ3v) is 3.94. The maximum Gasteiger partial charge on any atom is 0.336 e. The number of carboxylic acid groups (broad SMARTS) is 1. The van der Waals surface area contributed by atoms with Gasteiger partial charge in [0.1, 0.15) is 5.82 Å². The molecule has 3 rings (SSSR count). The molecule has 0 bridgehead atoms. The molecule has 7 nitrogen and oxygen atoms in total. The zero-order valence-corrected chi connectivity index (χ0v) is 14.0. The first kappa shape index (κ1) is 15.9. The van der Waals surface area contributed by atoms with Crippen LogP contribution >= 0.6 is 0 Å². The molecule has 1 aromatic carbocycles. The van der Waals surface area contributed by atoms with E-state index in [9.17, 15) is 9.90 Å². The number of hydrogen-bond acceptors (Lipinski definition) is 4. The summed E-state index contributed by atoms with van der Waals surface area (Å²) in [5.74, 6) is 0.344. The number of hydrogen-bond donors (Lipinski definition) is 2. The fraction of sp³-hybridized carbons (Fsp3) is 0.294. The van der Waals surface area contributed by atoms with Crippen molar-refractivity contribution in [2.75, 3.05) is 0 Å². The van der Waals surface area contributed by atoms with Crippen LogP contribution in [0.25, 0.3) is 22.6 Å². The van der Waals surface area contributed by atoms with Gasteiger partial charge in [0.15, 0.2) is 5.82 Å². The predicted molar refractivity (Wildman–Crippen MR) is 89.9 cm³/mol. The van der Waals surface area contributed by atoms with E-state index in [1.807, 2.05) is 44.6 Å². The van der Waals surface area contributed by atoms with Crippen LogP contribution in [0.1, 0.15) is 41.6 Å². The summed E-state index contributed by atoms with van der Waals surface area (Å²) in [5.41, 5.74) is 3.08. The van der Waals surface area contributed by atoms with Crippen molar-refractivity contribution < 1.29 is 9.90 Å². The molecule has 7 heteroatoms. The summed E-state index contributed by atoms with van der Waals surface area (Å²) in [6, 6.07) is 5.38. The van der Waals surface area contributed by atoms with E-state index in [0.717, 1.165) is 11.1 Å². The fourth-order valence-electron chi connectivity index (χ4n) is 2.70. The monoisotopic (exact) mass is 325 g/mol. The number of aromatic carboxylic acids is 1. The summed E-state index contributed by atoms with van der Waals surface area (Å²) in [7, 11) is 0. The molecule has 2 aromatic heterocycles. The number of nitrogens with zero attached hydrogens (tertiary/aromatic N) is 4. The molecule has 0 aliphatic heterocycles. The van der Waals surface area contributed by atoms with Crippen molar-refractivity contribution in [2.45, 2.75) is 33.7 Å². The molecule has 0 atom stereocenters. The van der Waals surface area contributed by atoms with Gasteiger partial charge in [0.25, 0.3) is 0 Å². The summed E-state index contributed by atoms with van der Waals surface area (Å²) >= 11 is 0. The van der Waals surface area contributed by atoms with Crippen LogP contribution in [0.3, 0.4) is 0 Å². The summed E-state index contributed by atoms with van der Waals surface area (Å²) in [5, 5.41) is 22.2. The van der Waals surface area contributed by atoms with Crippen LogP contribution in [-0.4, -0.2) is 36.0 Å². The van der Waals surface area contributed by atoms with E-state index in [2.05, 4.69) is 20.3 Å². The molecule has 0 radical (unpaired) electrons. The average molecular weight is 325 g/mol. The molecular formula is C17H19N5O2. The molecule has 2 N–H and O–H groups in total. The molecule has 0 unspecified atom stereocenters. The van der Waals surface area contributed by atoms with Gasteiger partial charge in [-0.25, -0.2) is 4.79 Å². The van der Waals surface area contributed by atoms with Gasteiger partial charge in [0.05, 0.1) is 11.3 Å². The molecule has 3 aromatic rings. The first-order valence-electron chi connectivity index (χ1n) is 7.70. The Labute approximate surface area is 139 Å². The third-order valence-electron chi connectivity index (χ3n) is 3.94. The maximum absolute atomic E-state index is 11.7. The lowest BCUT2D eigenvalue weighted by Gasteiger charge is -2.12. The van der Waals surface area contributed by atoms with Crippen molar-refractivity contribution in [3.8, 4) is 22.6 Å². The van der Waals surface area contributed by atoms with Gasteiger partial charge in [-0.3, -0.25) is 4.68 Å². The highest BCUT2D eigenvalue weighted by Gasteiger charge is 2.20. The van der Waals surface area contributed by atoms with E-state index < -0.39 is 5.97 Å². The summed E-state index contributed by atoms with van der Waals surface area (Å²) in [4.78, 5) is 14.8. The highest BCUT2D eigenvalue weighted by Crippen LogP contribution is 2.33. The number of aryl methyl sites for hydroxylation is 1. The fourth-order valence-corrected chi connectivity index (χ4v) is 2.70. The Morgan fingerprint density at radius 2 is 1.96 bits per heavy atom. The Kier molecular flexibility index (Phi) is 3.92. The molecule has 2 heterocycles. The number of benzene rings is 1. The number of aromatic nitrogens is 5. The second-order valence-corrected chi connectivity index (χ2v) is 6.00. The van der Waals surface area contributed by atoms with Crippen molar-refractivity contribution in [3.63, 3.8) is 0 Å². The zero-order valence-electron chi connectivity index (χ0n) is 14.0. The molecule has 0 saturated heterocycles. The largest absolute Gasteiger partial charge is 0.478 e. The van der Waals surface area contributed by atoms with Crippen molar-refractivity contribution in [3.05, 3.63) is 41.3 Å². The first-order chi connectivity index (χ1) is 11.4. The Hall–Kier alpha value is -2.96. The molecule has 0 spiro atoms. The van der Waals surface area contributed by atoms with Crippen molar-refractivity contribution in [1.29, 1.82) is 0 Å². The van der Waals surface area contributed by atoms with Crippen LogP contribution in [-0.2, 0) is 0 Å².